The molecule has 0 bridgehead atoms. The minimum Gasteiger partial charge on any atom is -0.327 e. The third-order valence-electron chi connectivity index (χ3n) is 1.21. The first-order valence-electron chi connectivity index (χ1n) is 3.24. The van der Waals surface area contributed by atoms with Crippen LogP contribution in [0.25, 0.3) is 0 Å². The minimum atomic E-state index is 0.535. The van der Waals surface area contributed by atoms with E-state index < -0.39 is 0 Å². The van der Waals surface area contributed by atoms with Gasteiger partial charge >= 0.3 is 0 Å². The fraction of sp³-hybridized carbons (Fsp3) is 0.500. The number of rotatable bonds is 3. The van der Waals surface area contributed by atoms with Gasteiger partial charge in [0.25, 0.3) is 0 Å². The molecule has 0 aromatic carbocycles. The Labute approximate surface area is 57.3 Å². The van der Waals surface area contributed by atoms with Crippen molar-refractivity contribution in [3.8, 4) is 0 Å². The fourth-order valence-corrected chi connectivity index (χ4v) is 0.412. The van der Waals surface area contributed by atoms with E-state index in [2.05, 4.69) is 20.4 Å². The van der Waals surface area contributed by atoms with Crippen molar-refractivity contribution in [2.24, 2.45) is 11.7 Å². The first-order valence-corrected chi connectivity index (χ1v) is 3.24. The van der Waals surface area contributed by atoms with E-state index in [9.17, 15) is 0 Å². The molecule has 0 spiro atoms. The van der Waals surface area contributed by atoms with Crippen LogP contribution in [-0.4, -0.2) is 6.54 Å². The Morgan fingerprint density at radius 1 is 1.67 bits per heavy atom. The van der Waals surface area contributed by atoms with Crippen LogP contribution < -0.4 is 5.73 Å². The van der Waals surface area contributed by atoms with Crippen LogP contribution in [0, 0.1) is 5.92 Å². The fourth-order valence-electron chi connectivity index (χ4n) is 0.412. The lowest BCUT2D eigenvalue weighted by atomic mass is 10.1. The number of hydrogen-bond acceptors (Lipinski definition) is 1. The van der Waals surface area contributed by atoms with E-state index in [0.717, 1.165) is 5.57 Å². The summed E-state index contributed by atoms with van der Waals surface area (Å²) in [4.78, 5) is 0. The van der Waals surface area contributed by atoms with Crippen molar-refractivity contribution in [1.82, 2.24) is 0 Å². The lowest BCUT2D eigenvalue weighted by molar-refractivity contribution is 0.794. The molecule has 1 heteroatoms. The predicted molar refractivity (Wildman–Crippen MR) is 42.2 cm³/mol. The highest BCUT2D eigenvalue weighted by Gasteiger charge is 1.92. The standard InChI is InChI=1S/C8H15N/c1-7(2)8(3)5-4-6-9/h4-5,7H,3,6,9H2,1-2H3/b5-4-. The lowest BCUT2D eigenvalue weighted by Crippen LogP contribution is -1.94. The molecule has 0 aliphatic carbocycles. The Bertz CT molecular complexity index is 112. The Morgan fingerprint density at radius 3 is 2.56 bits per heavy atom. The van der Waals surface area contributed by atoms with Crippen molar-refractivity contribution < 1.29 is 0 Å². The van der Waals surface area contributed by atoms with E-state index >= 15 is 0 Å². The molecule has 0 saturated heterocycles. The molecule has 0 fully saturated rings. The maximum Gasteiger partial charge on any atom is 0.0110 e. The third kappa shape index (κ3) is 3.98. The van der Waals surface area contributed by atoms with Crippen LogP contribution in [0.2, 0.25) is 0 Å². The van der Waals surface area contributed by atoms with Gasteiger partial charge in [-0.25, -0.2) is 0 Å². The molecule has 0 heterocycles. The molecule has 0 aromatic heterocycles. The lowest BCUT2D eigenvalue weighted by Gasteiger charge is -2.01. The summed E-state index contributed by atoms with van der Waals surface area (Å²) >= 11 is 0. The van der Waals surface area contributed by atoms with E-state index in [1.165, 1.54) is 0 Å². The molecular weight excluding hydrogens is 110 g/mol. The number of allylic oxidation sites excluding steroid dienone is 2. The smallest absolute Gasteiger partial charge is 0.0110 e. The van der Waals surface area contributed by atoms with Crippen LogP contribution in [0.15, 0.2) is 24.3 Å². The molecule has 2 N–H and O–H groups in total. The van der Waals surface area contributed by atoms with Crippen molar-refractivity contribution in [3.05, 3.63) is 24.3 Å². The largest absolute Gasteiger partial charge is 0.327 e. The van der Waals surface area contributed by atoms with Gasteiger partial charge in [0.2, 0.25) is 0 Å². The zero-order valence-electron chi connectivity index (χ0n) is 6.22. The second-order valence-corrected chi connectivity index (χ2v) is 2.37. The van der Waals surface area contributed by atoms with E-state index in [1.54, 1.807) is 0 Å². The SMILES string of the molecule is C=C(/C=C\CN)C(C)C. The van der Waals surface area contributed by atoms with Crippen LogP contribution in [0.1, 0.15) is 13.8 Å². The molecule has 0 atom stereocenters. The summed E-state index contributed by atoms with van der Waals surface area (Å²) in [6.45, 7) is 8.68. The van der Waals surface area contributed by atoms with Gasteiger partial charge in [0.1, 0.15) is 0 Å². The molecule has 0 aromatic rings. The molecular formula is C8H15N. The van der Waals surface area contributed by atoms with Gasteiger partial charge in [-0.3, -0.25) is 0 Å². The summed E-state index contributed by atoms with van der Waals surface area (Å²) in [5.41, 5.74) is 6.39. The van der Waals surface area contributed by atoms with Crippen LogP contribution >= 0.6 is 0 Å². The first-order chi connectivity index (χ1) is 4.18. The topological polar surface area (TPSA) is 26.0 Å². The maximum absolute atomic E-state index is 5.25. The Balaban J connectivity index is 3.63. The average Bonchev–Trinajstić information content (AvgIpc) is 1.82. The molecule has 0 unspecified atom stereocenters. The van der Waals surface area contributed by atoms with E-state index in [0.29, 0.717) is 12.5 Å². The molecule has 0 saturated carbocycles. The summed E-state index contributed by atoms with van der Waals surface area (Å²) in [5, 5.41) is 0. The van der Waals surface area contributed by atoms with Crippen molar-refractivity contribution in [2.45, 2.75) is 13.8 Å². The Kier molecular flexibility index (Phi) is 4.06. The second-order valence-electron chi connectivity index (χ2n) is 2.37. The van der Waals surface area contributed by atoms with Crippen LogP contribution in [0.4, 0.5) is 0 Å². The van der Waals surface area contributed by atoms with Gasteiger partial charge in [0.15, 0.2) is 0 Å². The quantitative estimate of drug-likeness (QED) is 0.571. The van der Waals surface area contributed by atoms with Gasteiger partial charge in [-0.05, 0) is 5.92 Å². The highest BCUT2D eigenvalue weighted by molar-refractivity contribution is 5.16. The highest BCUT2D eigenvalue weighted by atomic mass is 14.5. The second kappa shape index (κ2) is 4.33. The van der Waals surface area contributed by atoms with E-state index in [1.807, 2.05) is 12.2 Å². The predicted octanol–water partition coefficient (Wildman–Crippen LogP) is 1.71. The Morgan fingerprint density at radius 2 is 2.22 bits per heavy atom. The number of hydrogen-bond donors (Lipinski definition) is 1. The zero-order chi connectivity index (χ0) is 7.28. The van der Waals surface area contributed by atoms with Gasteiger partial charge in [-0.15, -0.1) is 0 Å². The zero-order valence-corrected chi connectivity index (χ0v) is 6.22. The molecule has 9 heavy (non-hydrogen) atoms. The Hall–Kier alpha value is -0.560. The minimum absolute atomic E-state index is 0.535. The summed E-state index contributed by atoms with van der Waals surface area (Å²) in [5.74, 6) is 0.535. The summed E-state index contributed by atoms with van der Waals surface area (Å²) in [6.07, 6.45) is 3.90. The van der Waals surface area contributed by atoms with Crippen LogP contribution in [0.5, 0.6) is 0 Å². The van der Waals surface area contributed by atoms with Gasteiger partial charge in [-0.1, -0.05) is 38.2 Å². The summed E-state index contributed by atoms with van der Waals surface area (Å²) in [6, 6.07) is 0. The highest BCUT2D eigenvalue weighted by Crippen LogP contribution is 2.06. The maximum atomic E-state index is 5.25. The molecule has 0 radical (unpaired) electrons. The van der Waals surface area contributed by atoms with Crippen LogP contribution in [0.3, 0.4) is 0 Å². The molecule has 0 amide bonds. The number of nitrogens with two attached hydrogens (primary N) is 1. The van der Waals surface area contributed by atoms with Crippen molar-refractivity contribution in [2.75, 3.05) is 6.54 Å². The van der Waals surface area contributed by atoms with Gasteiger partial charge < -0.3 is 5.73 Å². The molecule has 52 valence electrons. The van der Waals surface area contributed by atoms with Crippen molar-refractivity contribution in [3.63, 3.8) is 0 Å². The molecule has 0 rings (SSSR count). The third-order valence-corrected chi connectivity index (χ3v) is 1.21. The average molecular weight is 125 g/mol. The van der Waals surface area contributed by atoms with Crippen LogP contribution in [-0.2, 0) is 0 Å². The molecule has 0 aliphatic rings. The van der Waals surface area contributed by atoms with Gasteiger partial charge in [0, 0.05) is 6.54 Å². The van der Waals surface area contributed by atoms with Gasteiger partial charge in [0.05, 0.1) is 0 Å². The summed E-state index contributed by atoms with van der Waals surface area (Å²) in [7, 11) is 0. The van der Waals surface area contributed by atoms with E-state index in [4.69, 9.17) is 5.73 Å². The van der Waals surface area contributed by atoms with Crippen molar-refractivity contribution in [1.29, 1.82) is 0 Å². The van der Waals surface area contributed by atoms with E-state index in [-0.39, 0.29) is 0 Å². The molecule has 0 aliphatic heterocycles. The molecule has 1 nitrogen and oxygen atoms in total. The van der Waals surface area contributed by atoms with Crippen molar-refractivity contribution >= 4 is 0 Å². The normalized spacial score (nSPS) is 11.1. The first kappa shape index (κ1) is 8.44. The summed E-state index contributed by atoms with van der Waals surface area (Å²) < 4.78 is 0. The van der Waals surface area contributed by atoms with Gasteiger partial charge in [-0.2, -0.15) is 0 Å². The monoisotopic (exact) mass is 125 g/mol.